The van der Waals surface area contributed by atoms with Gasteiger partial charge in [0.15, 0.2) is 0 Å². The van der Waals surface area contributed by atoms with Crippen LogP contribution in [0.25, 0.3) is 11.4 Å². The van der Waals surface area contributed by atoms with Crippen molar-refractivity contribution in [1.82, 2.24) is 5.32 Å². The largest absolute Gasteiger partial charge is 0.416 e. The van der Waals surface area contributed by atoms with Gasteiger partial charge >= 0.3 is 12.4 Å². The zero-order chi connectivity index (χ0) is 27.7. The van der Waals surface area contributed by atoms with Gasteiger partial charge in [0.05, 0.1) is 32.6 Å². The highest BCUT2D eigenvalue weighted by Crippen LogP contribution is 2.53. The second-order valence-corrected chi connectivity index (χ2v) is 8.99. The molecule has 0 amide bonds. The Morgan fingerprint density at radius 1 is 1.08 bits per heavy atom. The van der Waals surface area contributed by atoms with Crippen LogP contribution < -0.4 is 20.4 Å². The van der Waals surface area contributed by atoms with Crippen LogP contribution in [0.5, 0.6) is 0 Å². The van der Waals surface area contributed by atoms with Gasteiger partial charge in [0, 0.05) is 40.3 Å². The van der Waals surface area contributed by atoms with Gasteiger partial charge in [0.1, 0.15) is 18.2 Å². The number of hydrogen-bond acceptors (Lipinski definition) is 4. The van der Waals surface area contributed by atoms with Crippen molar-refractivity contribution in [2.24, 2.45) is 0 Å². The third kappa shape index (κ3) is 4.91. The Kier molecular flexibility index (Phi) is 6.12. The number of rotatable bonds is 5. The van der Waals surface area contributed by atoms with Crippen molar-refractivity contribution < 1.29 is 30.7 Å². The first-order valence-electron chi connectivity index (χ1n) is 10.8. The van der Waals surface area contributed by atoms with E-state index < -0.39 is 35.6 Å². The SMILES string of the molecule is [B]C([B])(C)N1C(=C)N(CC(F)(F)F)c2cc(NC(=C)c3cc(F)cc(C(F)(F)F)c3)c3c(c21)C(=C)NC3. The summed E-state index contributed by atoms with van der Waals surface area (Å²) in [5.41, 5.74) is 0.273. The van der Waals surface area contributed by atoms with Gasteiger partial charge in [-0.2, -0.15) is 26.3 Å². The highest BCUT2D eigenvalue weighted by atomic mass is 19.4. The van der Waals surface area contributed by atoms with Gasteiger partial charge < -0.3 is 20.4 Å². The zero-order valence-corrected chi connectivity index (χ0v) is 19.5. The van der Waals surface area contributed by atoms with Crippen LogP contribution in [0.3, 0.4) is 0 Å². The van der Waals surface area contributed by atoms with Gasteiger partial charge in [-0.25, -0.2) is 4.39 Å². The third-order valence-corrected chi connectivity index (χ3v) is 5.93. The molecule has 2 aromatic carbocycles. The molecule has 0 atom stereocenters. The lowest BCUT2D eigenvalue weighted by molar-refractivity contribution is -0.137. The van der Waals surface area contributed by atoms with Crippen LogP contribution in [0.4, 0.5) is 47.8 Å². The summed E-state index contributed by atoms with van der Waals surface area (Å²) >= 11 is 0. The van der Waals surface area contributed by atoms with Gasteiger partial charge in [-0.05, 0) is 29.6 Å². The quantitative estimate of drug-likeness (QED) is 0.395. The molecule has 37 heavy (non-hydrogen) atoms. The van der Waals surface area contributed by atoms with Gasteiger partial charge in [-0.1, -0.05) is 26.7 Å². The summed E-state index contributed by atoms with van der Waals surface area (Å²) in [4.78, 5) is 2.16. The second-order valence-electron chi connectivity index (χ2n) is 8.99. The summed E-state index contributed by atoms with van der Waals surface area (Å²) in [6.07, 6.45) is -9.43. The Balaban J connectivity index is 1.86. The molecule has 2 aromatic rings. The Hall–Kier alpha value is -3.50. The third-order valence-electron chi connectivity index (χ3n) is 5.93. The average molecular weight is 518 g/mol. The predicted octanol–water partition coefficient (Wildman–Crippen LogP) is 5.67. The van der Waals surface area contributed by atoms with Gasteiger partial charge in [-0.15, -0.1) is 0 Å². The standard InChI is InChI=1S/C24H19B2F7N4/c1-11(14-5-15(24(31,32)33)7-16(27)6-14)35-18-8-19-21(20-12(2)34-9-17(18)20)37(22(4,25)26)13(3)36(19)10-23(28,29)30/h5-8,34-35H,1-3,9-10H2,4H3. The minimum absolute atomic E-state index is 0.0403. The summed E-state index contributed by atoms with van der Waals surface area (Å²) < 4.78 is 94.1. The first-order chi connectivity index (χ1) is 16.9. The van der Waals surface area contributed by atoms with Crippen molar-refractivity contribution in [3.63, 3.8) is 0 Å². The Morgan fingerprint density at radius 2 is 1.73 bits per heavy atom. The van der Waals surface area contributed by atoms with Crippen LogP contribution in [-0.2, 0) is 12.7 Å². The van der Waals surface area contributed by atoms with Crippen LogP contribution in [0.15, 0.2) is 49.8 Å². The number of hydrogen-bond donors (Lipinski definition) is 2. The van der Waals surface area contributed by atoms with E-state index in [4.69, 9.17) is 15.7 Å². The van der Waals surface area contributed by atoms with Crippen LogP contribution >= 0.6 is 0 Å². The van der Waals surface area contributed by atoms with Crippen molar-refractivity contribution in [3.05, 3.63) is 77.9 Å². The molecule has 4 rings (SSSR count). The molecule has 2 aliphatic rings. The fourth-order valence-electron chi connectivity index (χ4n) is 4.46. The van der Waals surface area contributed by atoms with E-state index in [-0.39, 0.29) is 40.7 Å². The number of alkyl halides is 6. The average Bonchev–Trinajstić information content (AvgIpc) is 3.24. The van der Waals surface area contributed by atoms with E-state index in [2.05, 4.69) is 30.4 Å². The van der Waals surface area contributed by atoms with E-state index in [0.717, 1.165) is 17.0 Å². The number of nitrogens with one attached hydrogen (secondary N) is 2. The Bertz CT molecular complexity index is 1330. The molecule has 2 N–H and O–H groups in total. The fraction of sp³-hybridized carbons (Fsp3) is 0.250. The minimum Gasteiger partial charge on any atom is -0.381 e. The summed E-state index contributed by atoms with van der Waals surface area (Å²) in [6.45, 7) is 11.6. The Morgan fingerprint density at radius 3 is 2.30 bits per heavy atom. The first kappa shape index (κ1) is 26.6. The molecule has 190 valence electrons. The van der Waals surface area contributed by atoms with Gasteiger partial charge in [-0.3, -0.25) is 0 Å². The molecule has 0 bridgehead atoms. The smallest absolute Gasteiger partial charge is 0.381 e. The van der Waals surface area contributed by atoms with Gasteiger partial charge in [0.2, 0.25) is 0 Å². The van der Waals surface area contributed by atoms with Crippen molar-refractivity contribution in [1.29, 1.82) is 0 Å². The lowest BCUT2D eigenvalue weighted by Crippen LogP contribution is -2.48. The van der Waals surface area contributed by atoms with Crippen molar-refractivity contribution in [2.75, 3.05) is 21.7 Å². The molecule has 0 saturated heterocycles. The number of nitrogens with zero attached hydrogens (tertiary/aromatic N) is 2. The maximum absolute atomic E-state index is 14.0. The zero-order valence-electron chi connectivity index (χ0n) is 19.5. The van der Waals surface area contributed by atoms with Crippen molar-refractivity contribution in [2.45, 2.75) is 31.2 Å². The van der Waals surface area contributed by atoms with E-state index in [9.17, 15) is 30.7 Å². The molecule has 0 fully saturated rings. The molecule has 4 radical (unpaired) electrons. The summed E-state index contributed by atoms with van der Waals surface area (Å²) in [6, 6.07) is 3.30. The minimum atomic E-state index is -4.80. The number of fused-ring (bicyclic) bond motifs is 3. The van der Waals surface area contributed by atoms with E-state index in [1.165, 1.54) is 17.9 Å². The monoisotopic (exact) mass is 518 g/mol. The van der Waals surface area contributed by atoms with Crippen LogP contribution in [-0.4, -0.2) is 33.8 Å². The normalized spacial score (nSPS) is 15.6. The lowest BCUT2D eigenvalue weighted by Gasteiger charge is -2.37. The first-order valence-corrected chi connectivity index (χ1v) is 10.8. The summed E-state index contributed by atoms with van der Waals surface area (Å²) in [5, 5.41) is 4.20. The molecular formula is C24H19B2F7N4. The van der Waals surface area contributed by atoms with Crippen molar-refractivity contribution >= 4 is 44.1 Å². The molecule has 2 aliphatic heterocycles. The molecule has 13 heteroatoms. The van der Waals surface area contributed by atoms with Crippen LogP contribution in [0.2, 0.25) is 0 Å². The highest BCUT2D eigenvalue weighted by Gasteiger charge is 2.44. The lowest BCUT2D eigenvalue weighted by atomic mass is 9.62. The topological polar surface area (TPSA) is 30.5 Å². The molecule has 0 aromatic heterocycles. The molecule has 0 aliphatic carbocycles. The van der Waals surface area contributed by atoms with E-state index in [0.29, 0.717) is 22.9 Å². The fourth-order valence-corrected chi connectivity index (χ4v) is 4.46. The maximum Gasteiger partial charge on any atom is 0.416 e. The molecular weight excluding hydrogens is 499 g/mol. The van der Waals surface area contributed by atoms with E-state index >= 15 is 0 Å². The number of halogens is 7. The van der Waals surface area contributed by atoms with Crippen LogP contribution in [0.1, 0.15) is 29.2 Å². The summed E-state index contributed by atoms with van der Waals surface area (Å²) in [7, 11) is 12.2. The molecule has 0 spiro atoms. The van der Waals surface area contributed by atoms with Crippen molar-refractivity contribution in [3.8, 4) is 0 Å². The Labute approximate surface area is 211 Å². The highest BCUT2D eigenvalue weighted by molar-refractivity contribution is 6.42. The van der Waals surface area contributed by atoms with Crippen LogP contribution in [0, 0.1) is 5.82 Å². The molecule has 4 nitrogen and oxygen atoms in total. The maximum atomic E-state index is 14.0. The molecule has 2 heterocycles. The molecule has 0 saturated carbocycles. The van der Waals surface area contributed by atoms with E-state index in [1.54, 1.807) is 0 Å². The van der Waals surface area contributed by atoms with E-state index in [1.807, 2.05) is 0 Å². The second kappa shape index (κ2) is 8.53. The number of anilines is 3. The predicted molar refractivity (Wildman–Crippen MR) is 131 cm³/mol. The summed E-state index contributed by atoms with van der Waals surface area (Å²) in [5.74, 6) is -1.26. The van der Waals surface area contributed by atoms with Gasteiger partial charge in [0.25, 0.3) is 0 Å². The molecule has 0 unspecified atom stereocenters. The number of benzene rings is 2.